The number of hydrogen-bond donors (Lipinski definition) is 2. The van der Waals surface area contributed by atoms with Crippen molar-refractivity contribution in [3.63, 3.8) is 0 Å². The quantitative estimate of drug-likeness (QED) is 0.601. The van der Waals surface area contributed by atoms with Gasteiger partial charge in [-0.2, -0.15) is 0 Å². The standard InChI is InChI=1S/C13H12N2O2S/c14-10-1-3-12-8(6-10)5-9-7-11(15)2-4-13(9)18(12,16)17/h1-4,6-7H,5,14-15H2. The number of rotatable bonds is 0. The van der Waals surface area contributed by atoms with Gasteiger partial charge in [-0.3, -0.25) is 0 Å². The monoisotopic (exact) mass is 260 g/mol. The van der Waals surface area contributed by atoms with E-state index in [0.29, 0.717) is 27.6 Å². The van der Waals surface area contributed by atoms with Gasteiger partial charge in [-0.15, -0.1) is 0 Å². The molecule has 0 aliphatic carbocycles. The largest absolute Gasteiger partial charge is 0.399 e. The molecule has 1 heterocycles. The summed E-state index contributed by atoms with van der Waals surface area (Å²) in [6, 6.07) is 9.77. The molecule has 0 saturated heterocycles. The van der Waals surface area contributed by atoms with Gasteiger partial charge in [0.15, 0.2) is 0 Å². The third-order valence-electron chi connectivity index (χ3n) is 3.13. The van der Waals surface area contributed by atoms with Gasteiger partial charge in [0, 0.05) is 17.8 Å². The minimum Gasteiger partial charge on any atom is -0.399 e. The van der Waals surface area contributed by atoms with Crippen molar-refractivity contribution < 1.29 is 8.42 Å². The summed E-state index contributed by atoms with van der Waals surface area (Å²) < 4.78 is 24.9. The van der Waals surface area contributed by atoms with Crippen molar-refractivity contribution in [2.75, 3.05) is 11.5 Å². The molecule has 4 nitrogen and oxygen atoms in total. The van der Waals surface area contributed by atoms with Crippen LogP contribution in [0, 0.1) is 0 Å². The van der Waals surface area contributed by atoms with Crippen molar-refractivity contribution in [1.29, 1.82) is 0 Å². The van der Waals surface area contributed by atoms with Crippen molar-refractivity contribution in [3.8, 4) is 0 Å². The topological polar surface area (TPSA) is 86.2 Å². The van der Waals surface area contributed by atoms with Gasteiger partial charge in [0.2, 0.25) is 9.84 Å². The van der Waals surface area contributed by atoms with Crippen molar-refractivity contribution in [2.45, 2.75) is 16.2 Å². The Morgan fingerprint density at radius 3 is 1.72 bits per heavy atom. The Morgan fingerprint density at radius 1 is 0.833 bits per heavy atom. The Balaban J connectivity index is 2.33. The first-order valence-corrected chi connectivity index (χ1v) is 6.99. The van der Waals surface area contributed by atoms with Gasteiger partial charge in [0.1, 0.15) is 0 Å². The van der Waals surface area contributed by atoms with E-state index < -0.39 is 9.84 Å². The number of anilines is 2. The van der Waals surface area contributed by atoms with Crippen LogP contribution in [0.25, 0.3) is 0 Å². The molecule has 3 rings (SSSR count). The molecule has 0 unspecified atom stereocenters. The molecule has 0 radical (unpaired) electrons. The van der Waals surface area contributed by atoms with Crippen LogP contribution in [-0.4, -0.2) is 8.42 Å². The van der Waals surface area contributed by atoms with E-state index in [1.807, 2.05) is 0 Å². The van der Waals surface area contributed by atoms with Crippen molar-refractivity contribution in [2.24, 2.45) is 0 Å². The fourth-order valence-electron chi connectivity index (χ4n) is 2.32. The highest BCUT2D eigenvalue weighted by Crippen LogP contribution is 2.35. The first kappa shape index (κ1) is 11.1. The molecule has 0 amide bonds. The third kappa shape index (κ3) is 1.48. The summed E-state index contributed by atoms with van der Waals surface area (Å²) in [5.41, 5.74) is 14.0. The van der Waals surface area contributed by atoms with Crippen LogP contribution in [0.2, 0.25) is 0 Å². The predicted molar refractivity (Wildman–Crippen MR) is 70.0 cm³/mol. The summed E-state index contributed by atoms with van der Waals surface area (Å²) in [6.45, 7) is 0. The van der Waals surface area contributed by atoms with Crippen LogP contribution in [-0.2, 0) is 16.3 Å². The molecule has 0 fully saturated rings. The normalized spacial score (nSPS) is 15.8. The second-order valence-corrected chi connectivity index (χ2v) is 6.30. The molecule has 0 aromatic heterocycles. The van der Waals surface area contributed by atoms with E-state index in [2.05, 4.69) is 0 Å². The lowest BCUT2D eigenvalue weighted by atomic mass is 10.0. The van der Waals surface area contributed by atoms with E-state index in [9.17, 15) is 8.42 Å². The number of fused-ring (bicyclic) bond motifs is 2. The van der Waals surface area contributed by atoms with E-state index in [4.69, 9.17) is 11.5 Å². The van der Waals surface area contributed by atoms with Crippen LogP contribution < -0.4 is 11.5 Å². The Bertz CT molecular complexity index is 694. The summed E-state index contributed by atoms with van der Waals surface area (Å²) in [4.78, 5) is 0.683. The molecule has 92 valence electrons. The minimum atomic E-state index is -3.45. The molecule has 0 spiro atoms. The molecule has 4 N–H and O–H groups in total. The first-order chi connectivity index (χ1) is 8.48. The molecule has 0 atom stereocenters. The summed E-state index contributed by atoms with van der Waals surface area (Å²) in [6.07, 6.45) is 0.542. The van der Waals surface area contributed by atoms with Crippen molar-refractivity contribution in [1.82, 2.24) is 0 Å². The lowest BCUT2D eigenvalue weighted by molar-refractivity contribution is 0.592. The summed E-state index contributed by atoms with van der Waals surface area (Å²) >= 11 is 0. The maximum atomic E-state index is 12.4. The molecule has 1 aliphatic rings. The average molecular weight is 260 g/mol. The number of benzene rings is 2. The second-order valence-electron chi connectivity index (χ2n) is 4.41. The number of nitrogen functional groups attached to an aromatic ring is 2. The maximum absolute atomic E-state index is 12.4. The maximum Gasteiger partial charge on any atom is 0.207 e. The number of sulfone groups is 1. The van der Waals surface area contributed by atoms with Gasteiger partial charge in [-0.25, -0.2) is 8.42 Å². The van der Waals surface area contributed by atoms with Crippen molar-refractivity contribution >= 4 is 21.2 Å². The van der Waals surface area contributed by atoms with E-state index in [1.165, 1.54) is 0 Å². The highest BCUT2D eigenvalue weighted by atomic mass is 32.2. The fourth-order valence-corrected chi connectivity index (χ4v) is 4.01. The molecule has 1 aliphatic heterocycles. The van der Waals surface area contributed by atoms with E-state index in [-0.39, 0.29) is 0 Å². The van der Waals surface area contributed by atoms with E-state index >= 15 is 0 Å². The van der Waals surface area contributed by atoms with E-state index in [1.54, 1.807) is 36.4 Å². The highest BCUT2D eigenvalue weighted by Gasteiger charge is 2.29. The summed E-state index contributed by atoms with van der Waals surface area (Å²) in [5, 5.41) is 0. The molecular formula is C13H12N2O2S. The molecule has 2 aromatic carbocycles. The fraction of sp³-hybridized carbons (Fsp3) is 0.0769. The molecule has 18 heavy (non-hydrogen) atoms. The van der Waals surface area contributed by atoms with Crippen LogP contribution in [0.4, 0.5) is 11.4 Å². The smallest absolute Gasteiger partial charge is 0.207 e. The van der Waals surface area contributed by atoms with Gasteiger partial charge in [-0.1, -0.05) is 0 Å². The van der Waals surface area contributed by atoms with Crippen LogP contribution in [0.3, 0.4) is 0 Å². The number of nitrogens with two attached hydrogens (primary N) is 2. The molecule has 5 heteroatoms. The zero-order valence-electron chi connectivity index (χ0n) is 9.55. The molecular weight excluding hydrogens is 248 g/mol. The van der Waals surface area contributed by atoms with Crippen LogP contribution in [0.15, 0.2) is 46.2 Å². The zero-order chi connectivity index (χ0) is 12.9. The second kappa shape index (κ2) is 3.49. The lowest BCUT2D eigenvalue weighted by Gasteiger charge is -2.20. The van der Waals surface area contributed by atoms with Crippen LogP contribution in [0.1, 0.15) is 11.1 Å². The van der Waals surface area contributed by atoms with Crippen molar-refractivity contribution in [3.05, 3.63) is 47.5 Å². The third-order valence-corrected chi connectivity index (χ3v) is 5.08. The van der Waals surface area contributed by atoms with Crippen LogP contribution >= 0.6 is 0 Å². The van der Waals surface area contributed by atoms with Gasteiger partial charge < -0.3 is 11.5 Å². The highest BCUT2D eigenvalue weighted by molar-refractivity contribution is 7.91. The minimum absolute atomic E-state index is 0.342. The number of hydrogen-bond acceptors (Lipinski definition) is 4. The Kier molecular flexibility index (Phi) is 2.15. The van der Waals surface area contributed by atoms with Gasteiger partial charge in [0.25, 0.3) is 0 Å². The van der Waals surface area contributed by atoms with Gasteiger partial charge in [-0.05, 0) is 47.5 Å². The molecule has 2 aromatic rings. The Labute approximate surface area is 105 Å². The zero-order valence-corrected chi connectivity index (χ0v) is 10.4. The van der Waals surface area contributed by atoms with E-state index in [0.717, 1.165) is 11.1 Å². The van der Waals surface area contributed by atoms with Gasteiger partial charge in [0.05, 0.1) is 9.79 Å². The summed E-state index contributed by atoms with van der Waals surface area (Å²) in [5.74, 6) is 0. The Hall–Kier alpha value is -2.01. The lowest BCUT2D eigenvalue weighted by Crippen LogP contribution is -2.15. The van der Waals surface area contributed by atoms with Gasteiger partial charge >= 0.3 is 0 Å². The average Bonchev–Trinajstić information content (AvgIpc) is 2.27. The van der Waals surface area contributed by atoms with Crippen LogP contribution in [0.5, 0.6) is 0 Å². The summed E-state index contributed by atoms with van der Waals surface area (Å²) in [7, 11) is -3.45. The molecule has 0 bridgehead atoms. The SMILES string of the molecule is Nc1ccc2c(c1)Cc1cc(N)ccc1S2(=O)=O. The molecule has 0 saturated carbocycles. The predicted octanol–water partition coefficient (Wildman–Crippen LogP) is 1.59. The Morgan fingerprint density at radius 2 is 1.28 bits per heavy atom. The first-order valence-electron chi connectivity index (χ1n) is 5.50.